The molecule has 0 aliphatic rings. The van der Waals surface area contributed by atoms with Gasteiger partial charge in [-0.1, -0.05) is 88.4 Å². The van der Waals surface area contributed by atoms with Gasteiger partial charge in [0, 0.05) is 6.04 Å². The van der Waals surface area contributed by atoms with Crippen LogP contribution >= 0.6 is 0 Å². The fourth-order valence-corrected chi connectivity index (χ4v) is 3.12. The van der Waals surface area contributed by atoms with Crippen molar-refractivity contribution in [2.75, 3.05) is 6.54 Å². The van der Waals surface area contributed by atoms with Crippen LogP contribution in [0.3, 0.4) is 0 Å². The molecule has 1 nitrogen and oxygen atoms in total. The largest absolute Gasteiger partial charge is 0.310 e. The third-order valence-electron chi connectivity index (χ3n) is 4.25. The number of fused-ring (bicyclic) bond motifs is 1. The van der Waals surface area contributed by atoms with E-state index in [0.717, 1.165) is 6.54 Å². The molecule has 0 saturated carbocycles. The van der Waals surface area contributed by atoms with Crippen LogP contribution in [0.25, 0.3) is 10.8 Å². The Kier molecular flexibility index (Phi) is 6.75. The Morgan fingerprint density at radius 1 is 0.857 bits per heavy atom. The molecular weight excluding hydrogens is 254 g/mol. The molecule has 1 atom stereocenters. The number of rotatable bonds is 9. The molecule has 0 bridgehead atoms. The van der Waals surface area contributed by atoms with Crippen LogP contribution in [0.5, 0.6) is 0 Å². The summed E-state index contributed by atoms with van der Waals surface area (Å²) in [6.45, 7) is 5.51. The monoisotopic (exact) mass is 283 g/mol. The summed E-state index contributed by atoms with van der Waals surface area (Å²) < 4.78 is 0. The Bertz CT molecular complexity index is 527. The molecule has 0 spiro atoms. The van der Waals surface area contributed by atoms with E-state index in [1.165, 1.54) is 54.9 Å². The molecule has 0 aromatic heterocycles. The summed E-state index contributed by atoms with van der Waals surface area (Å²) in [4.78, 5) is 0. The van der Waals surface area contributed by atoms with Gasteiger partial charge in [-0.2, -0.15) is 0 Å². The number of hydrogen-bond acceptors (Lipinski definition) is 1. The SMILES string of the molecule is CCCCCCCC(NCC)c1cccc2ccccc12. The lowest BCUT2D eigenvalue weighted by molar-refractivity contribution is 0.481. The van der Waals surface area contributed by atoms with Crippen molar-refractivity contribution in [3.8, 4) is 0 Å². The lowest BCUT2D eigenvalue weighted by Gasteiger charge is -2.20. The van der Waals surface area contributed by atoms with Crippen LogP contribution in [0.1, 0.15) is 64.0 Å². The molecule has 0 amide bonds. The molecule has 1 N–H and O–H groups in total. The summed E-state index contributed by atoms with van der Waals surface area (Å²) in [5.41, 5.74) is 1.46. The summed E-state index contributed by atoms with van der Waals surface area (Å²) in [6.07, 6.45) is 8.00. The van der Waals surface area contributed by atoms with Crippen LogP contribution in [0, 0.1) is 0 Å². The summed E-state index contributed by atoms with van der Waals surface area (Å²) in [7, 11) is 0. The topological polar surface area (TPSA) is 12.0 Å². The van der Waals surface area contributed by atoms with Gasteiger partial charge in [0.2, 0.25) is 0 Å². The van der Waals surface area contributed by atoms with Crippen LogP contribution in [0.4, 0.5) is 0 Å². The zero-order valence-corrected chi connectivity index (χ0v) is 13.6. The normalized spacial score (nSPS) is 12.7. The minimum atomic E-state index is 0.489. The lowest BCUT2D eigenvalue weighted by Crippen LogP contribution is -2.21. The Morgan fingerprint density at radius 3 is 2.43 bits per heavy atom. The average Bonchev–Trinajstić information content (AvgIpc) is 2.53. The number of unbranched alkanes of at least 4 members (excludes halogenated alkanes) is 4. The summed E-state index contributed by atoms with van der Waals surface area (Å²) in [6, 6.07) is 15.9. The van der Waals surface area contributed by atoms with E-state index in [0.29, 0.717) is 6.04 Å². The lowest BCUT2D eigenvalue weighted by atomic mass is 9.94. The van der Waals surface area contributed by atoms with Crippen LogP contribution in [-0.4, -0.2) is 6.54 Å². The Morgan fingerprint density at radius 2 is 1.62 bits per heavy atom. The minimum Gasteiger partial charge on any atom is -0.310 e. The van der Waals surface area contributed by atoms with Crippen LogP contribution < -0.4 is 5.32 Å². The first-order valence-electron chi connectivity index (χ1n) is 8.57. The second kappa shape index (κ2) is 8.84. The van der Waals surface area contributed by atoms with Crippen molar-refractivity contribution in [3.63, 3.8) is 0 Å². The highest BCUT2D eigenvalue weighted by Gasteiger charge is 2.12. The number of nitrogens with one attached hydrogen (secondary N) is 1. The minimum absolute atomic E-state index is 0.489. The Balaban J connectivity index is 2.08. The predicted octanol–water partition coefficient (Wildman–Crippen LogP) is 5.85. The van der Waals surface area contributed by atoms with Gasteiger partial charge < -0.3 is 5.32 Å². The van der Waals surface area contributed by atoms with Gasteiger partial charge in [0.1, 0.15) is 0 Å². The van der Waals surface area contributed by atoms with E-state index in [4.69, 9.17) is 0 Å². The summed E-state index contributed by atoms with van der Waals surface area (Å²) >= 11 is 0. The van der Waals surface area contributed by atoms with E-state index >= 15 is 0 Å². The molecular formula is C20H29N. The molecule has 0 aliphatic heterocycles. The zero-order valence-electron chi connectivity index (χ0n) is 13.6. The van der Waals surface area contributed by atoms with Crippen molar-refractivity contribution in [2.45, 2.75) is 58.4 Å². The first-order chi connectivity index (χ1) is 10.4. The Hall–Kier alpha value is -1.34. The van der Waals surface area contributed by atoms with Crippen molar-refractivity contribution in [3.05, 3.63) is 48.0 Å². The molecule has 0 saturated heterocycles. The maximum absolute atomic E-state index is 3.68. The molecule has 2 aromatic carbocycles. The van der Waals surface area contributed by atoms with Crippen molar-refractivity contribution < 1.29 is 0 Å². The van der Waals surface area contributed by atoms with Gasteiger partial charge in [-0.3, -0.25) is 0 Å². The van der Waals surface area contributed by atoms with Gasteiger partial charge in [-0.15, -0.1) is 0 Å². The quantitative estimate of drug-likeness (QED) is 0.569. The van der Waals surface area contributed by atoms with Gasteiger partial charge in [0.15, 0.2) is 0 Å². The average molecular weight is 283 g/mol. The van der Waals surface area contributed by atoms with E-state index in [1.807, 2.05) is 0 Å². The van der Waals surface area contributed by atoms with Crippen molar-refractivity contribution in [1.29, 1.82) is 0 Å². The van der Waals surface area contributed by atoms with Gasteiger partial charge in [0.05, 0.1) is 0 Å². The predicted molar refractivity (Wildman–Crippen MR) is 93.7 cm³/mol. The van der Waals surface area contributed by atoms with Gasteiger partial charge in [-0.05, 0) is 29.3 Å². The second-order valence-corrected chi connectivity index (χ2v) is 5.88. The third kappa shape index (κ3) is 4.57. The highest BCUT2D eigenvalue weighted by molar-refractivity contribution is 5.86. The maximum Gasteiger partial charge on any atom is 0.0326 e. The molecule has 1 heteroatoms. The van der Waals surface area contributed by atoms with Crippen LogP contribution in [0.15, 0.2) is 42.5 Å². The zero-order chi connectivity index (χ0) is 14.9. The molecule has 21 heavy (non-hydrogen) atoms. The van der Waals surface area contributed by atoms with E-state index < -0.39 is 0 Å². The van der Waals surface area contributed by atoms with E-state index in [1.54, 1.807) is 0 Å². The van der Waals surface area contributed by atoms with E-state index in [2.05, 4.69) is 61.6 Å². The van der Waals surface area contributed by atoms with Crippen LogP contribution in [-0.2, 0) is 0 Å². The molecule has 0 aliphatic carbocycles. The molecule has 2 rings (SSSR count). The highest BCUT2D eigenvalue weighted by Crippen LogP contribution is 2.27. The van der Waals surface area contributed by atoms with Crippen molar-refractivity contribution in [1.82, 2.24) is 5.32 Å². The van der Waals surface area contributed by atoms with E-state index in [9.17, 15) is 0 Å². The summed E-state index contributed by atoms with van der Waals surface area (Å²) in [5.74, 6) is 0. The Labute approximate surface area is 129 Å². The fourth-order valence-electron chi connectivity index (χ4n) is 3.12. The van der Waals surface area contributed by atoms with Gasteiger partial charge in [-0.25, -0.2) is 0 Å². The second-order valence-electron chi connectivity index (χ2n) is 5.88. The molecule has 0 radical (unpaired) electrons. The summed E-state index contributed by atoms with van der Waals surface area (Å²) in [5, 5.41) is 6.44. The highest BCUT2D eigenvalue weighted by atomic mass is 14.9. The van der Waals surface area contributed by atoms with Crippen molar-refractivity contribution in [2.24, 2.45) is 0 Å². The number of benzene rings is 2. The molecule has 2 aromatic rings. The van der Waals surface area contributed by atoms with Gasteiger partial charge in [0.25, 0.3) is 0 Å². The van der Waals surface area contributed by atoms with Crippen LogP contribution in [0.2, 0.25) is 0 Å². The standard InChI is InChI=1S/C20H29N/c1-3-5-6-7-8-16-20(21-4-2)19-15-11-13-17-12-9-10-14-18(17)19/h9-15,20-21H,3-8,16H2,1-2H3. The fraction of sp³-hybridized carbons (Fsp3) is 0.500. The third-order valence-corrected chi connectivity index (χ3v) is 4.25. The maximum atomic E-state index is 3.68. The van der Waals surface area contributed by atoms with Gasteiger partial charge >= 0.3 is 0 Å². The first-order valence-corrected chi connectivity index (χ1v) is 8.57. The first kappa shape index (κ1) is 16.0. The number of hydrogen-bond donors (Lipinski definition) is 1. The molecule has 1 unspecified atom stereocenters. The molecule has 114 valence electrons. The van der Waals surface area contributed by atoms with Crippen molar-refractivity contribution >= 4 is 10.8 Å². The molecule has 0 heterocycles. The molecule has 0 fully saturated rings. The van der Waals surface area contributed by atoms with E-state index in [-0.39, 0.29) is 0 Å². The smallest absolute Gasteiger partial charge is 0.0326 e.